The third-order valence-electron chi connectivity index (χ3n) is 5.73. The van der Waals surface area contributed by atoms with Gasteiger partial charge in [-0.1, -0.05) is 37.6 Å². The smallest absolute Gasteiger partial charge is 0.344 e. The summed E-state index contributed by atoms with van der Waals surface area (Å²) in [5, 5.41) is 18.1. The van der Waals surface area contributed by atoms with Crippen LogP contribution >= 0.6 is 0 Å². The van der Waals surface area contributed by atoms with E-state index in [9.17, 15) is 24.0 Å². The van der Waals surface area contributed by atoms with Crippen LogP contribution in [0.1, 0.15) is 57.4 Å². The largest absolute Gasteiger partial charge is 0.462 e. The number of unbranched alkanes of at least 4 members (excludes halogenated alkanes) is 2. The fourth-order valence-electron chi connectivity index (χ4n) is 3.48. The van der Waals surface area contributed by atoms with Crippen molar-refractivity contribution in [1.29, 1.82) is 0 Å². The molecule has 14 heteroatoms. The summed E-state index contributed by atoms with van der Waals surface area (Å²) in [4.78, 5) is 63.4. The Morgan fingerprint density at radius 3 is 2.10 bits per heavy atom. The molecule has 42 heavy (non-hydrogen) atoms. The van der Waals surface area contributed by atoms with E-state index < -0.39 is 49.0 Å². The number of fused-ring (bicyclic) bond motifs is 1. The molecule has 230 valence electrons. The molecule has 0 aromatic heterocycles. The van der Waals surface area contributed by atoms with Crippen LogP contribution in [0.2, 0.25) is 0 Å². The van der Waals surface area contributed by atoms with Crippen LogP contribution in [0, 0.1) is 0 Å². The van der Waals surface area contributed by atoms with Crippen LogP contribution < -0.4 is 4.74 Å². The van der Waals surface area contributed by atoms with Crippen LogP contribution in [0.15, 0.2) is 36.4 Å². The fraction of sp³-hybridized carbons (Fsp3) is 0.464. The van der Waals surface area contributed by atoms with Crippen molar-refractivity contribution in [1.82, 2.24) is 5.39 Å². The molecule has 0 spiro atoms. The Morgan fingerprint density at radius 1 is 0.738 bits per heavy atom. The molecule has 0 aliphatic rings. The van der Waals surface area contributed by atoms with E-state index >= 15 is 0 Å². The molecule has 0 radical (unpaired) electrons. The van der Waals surface area contributed by atoms with Gasteiger partial charge < -0.3 is 23.7 Å². The summed E-state index contributed by atoms with van der Waals surface area (Å²) in [6, 6.07) is 10.3. The Kier molecular flexibility index (Phi) is 14.9. The third kappa shape index (κ3) is 13.0. The van der Waals surface area contributed by atoms with Gasteiger partial charge in [0.15, 0.2) is 13.2 Å². The van der Waals surface area contributed by atoms with Crippen LogP contribution in [-0.2, 0) is 47.8 Å². The zero-order chi connectivity index (χ0) is 30.9. The van der Waals surface area contributed by atoms with Gasteiger partial charge in [-0.05, 0) is 48.2 Å². The quantitative estimate of drug-likeness (QED) is 0.0845. The molecule has 14 nitrogen and oxygen atoms in total. The molecule has 0 aliphatic heterocycles. The van der Waals surface area contributed by atoms with Crippen molar-refractivity contribution in [3.8, 4) is 5.75 Å². The standard InChI is InChI=1S/C28H35NO13/c1-3-24(30)37-13-14-38-26(32)17-39-27(33)18-40-28(34)19(2)20-8-9-22-16-23(11-10-21(22)15-20)42-25(31)7-5-4-6-12-41-29(35)36/h8-11,15-16,19,35-36H,3-7,12-14,17-18H2,1-2H3. The summed E-state index contributed by atoms with van der Waals surface area (Å²) in [6.07, 6.45) is 2.11. The molecule has 0 fully saturated rings. The van der Waals surface area contributed by atoms with E-state index in [4.69, 9.17) is 34.1 Å². The molecule has 1 atom stereocenters. The molecule has 2 rings (SSSR count). The third-order valence-corrected chi connectivity index (χ3v) is 5.73. The second-order valence-corrected chi connectivity index (χ2v) is 8.92. The van der Waals surface area contributed by atoms with Crippen LogP contribution in [0.4, 0.5) is 0 Å². The molecule has 2 aromatic rings. The molecule has 1 unspecified atom stereocenters. The second-order valence-electron chi connectivity index (χ2n) is 8.92. The average Bonchev–Trinajstić information content (AvgIpc) is 2.97. The molecule has 0 amide bonds. The van der Waals surface area contributed by atoms with Crippen molar-refractivity contribution < 1.29 is 62.9 Å². The first kappa shape index (κ1) is 34.1. The lowest BCUT2D eigenvalue weighted by molar-refractivity contribution is -0.492. The van der Waals surface area contributed by atoms with Crippen molar-refractivity contribution in [3.05, 3.63) is 42.0 Å². The number of hydrogen-bond acceptors (Lipinski definition) is 14. The second kappa shape index (κ2) is 18.3. The summed E-state index contributed by atoms with van der Waals surface area (Å²) >= 11 is 0. The first-order valence-corrected chi connectivity index (χ1v) is 13.3. The lowest BCUT2D eigenvalue weighted by atomic mass is 9.98. The Bertz CT molecular complexity index is 1210. The van der Waals surface area contributed by atoms with Crippen molar-refractivity contribution in [2.45, 2.75) is 51.9 Å². The number of esters is 5. The molecule has 2 aromatic carbocycles. The van der Waals surface area contributed by atoms with Crippen molar-refractivity contribution in [3.63, 3.8) is 0 Å². The Hall–Kier alpha value is -4.11. The Morgan fingerprint density at radius 2 is 1.38 bits per heavy atom. The molecule has 0 bridgehead atoms. The highest BCUT2D eigenvalue weighted by Gasteiger charge is 2.20. The van der Waals surface area contributed by atoms with E-state index in [1.807, 2.05) is 0 Å². The molecule has 0 aliphatic carbocycles. The number of carbonyl (C=O) groups is 5. The van der Waals surface area contributed by atoms with E-state index in [1.165, 1.54) is 0 Å². The first-order valence-electron chi connectivity index (χ1n) is 13.3. The van der Waals surface area contributed by atoms with E-state index in [1.54, 1.807) is 50.2 Å². The molecule has 0 saturated carbocycles. The van der Waals surface area contributed by atoms with Gasteiger partial charge in [-0.15, -0.1) is 0 Å². The van der Waals surface area contributed by atoms with E-state index in [0.29, 0.717) is 30.6 Å². The Balaban J connectivity index is 1.75. The van der Waals surface area contributed by atoms with Crippen LogP contribution in [0.25, 0.3) is 10.8 Å². The average molecular weight is 594 g/mol. The van der Waals surface area contributed by atoms with Gasteiger partial charge in [0.05, 0.1) is 17.9 Å². The first-order chi connectivity index (χ1) is 20.1. The SMILES string of the molecule is CCC(=O)OCCOC(=O)COC(=O)COC(=O)C(C)c1ccc2cc(OC(=O)CCCCCON(O)O)ccc2c1. The molecule has 0 heterocycles. The van der Waals surface area contributed by atoms with Crippen LogP contribution in [-0.4, -0.2) is 78.7 Å². The minimum atomic E-state index is -0.931. The number of nitrogens with zero attached hydrogens (tertiary/aromatic N) is 1. The highest BCUT2D eigenvalue weighted by Crippen LogP contribution is 2.26. The fourth-order valence-corrected chi connectivity index (χ4v) is 3.48. The van der Waals surface area contributed by atoms with Gasteiger partial charge >= 0.3 is 29.8 Å². The lowest BCUT2D eigenvalue weighted by Crippen LogP contribution is -2.23. The van der Waals surface area contributed by atoms with Crippen molar-refractivity contribution >= 4 is 40.6 Å². The normalized spacial score (nSPS) is 11.5. The number of hydrogen-bond donors (Lipinski definition) is 2. The molecular formula is C28H35NO13. The maximum Gasteiger partial charge on any atom is 0.344 e. The topological polar surface area (TPSA) is 184 Å². The summed E-state index contributed by atoms with van der Waals surface area (Å²) in [6.45, 7) is 1.69. The lowest BCUT2D eigenvalue weighted by Gasteiger charge is -2.13. The number of rotatable bonds is 18. The van der Waals surface area contributed by atoms with E-state index in [2.05, 4.69) is 4.84 Å². The minimum absolute atomic E-state index is 0.108. The minimum Gasteiger partial charge on any atom is -0.462 e. The van der Waals surface area contributed by atoms with E-state index in [0.717, 1.165) is 10.8 Å². The summed E-state index contributed by atoms with van der Waals surface area (Å²) in [7, 11) is 0. The Labute approximate surface area is 241 Å². The maximum absolute atomic E-state index is 12.5. The van der Waals surface area contributed by atoms with Gasteiger partial charge in [-0.3, -0.25) is 29.6 Å². The summed E-state index contributed by atoms with van der Waals surface area (Å²) < 4.78 is 24.6. The van der Waals surface area contributed by atoms with Crippen molar-refractivity contribution in [2.75, 3.05) is 33.0 Å². The van der Waals surface area contributed by atoms with E-state index in [-0.39, 0.29) is 38.1 Å². The van der Waals surface area contributed by atoms with Crippen molar-refractivity contribution in [2.24, 2.45) is 0 Å². The van der Waals surface area contributed by atoms with Gasteiger partial charge in [-0.2, -0.15) is 0 Å². The molecule has 2 N–H and O–H groups in total. The highest BCUT2D eigenvalue weighted by molar-refractivity contribution is 5.88. The van der Waals surface area contributed by atoms with Gasteiger partial charge in [0.25, 0.3) is 0 Å². The number of ether oxygens (including phenoxy) is 5. The van der Waals surface area contributed by atoms with Gasteiger partial charge in [0, 0.05) is 12.8 Å². The monoisotopic (exact) mass is 593 g/mol. The predicted octanol–water partition coefficient (Wildman–Crippen LogP) is 3.00. The van der Waals surface area contributed by atoms with Gasteiger partial charge in [-0.25, -0.2) is 9.59 Å². The zero-order valence-corrected chi connectivity index (χ0v) is 23.4. The number of carbonyl (C=O) groups excluding carboxylic acids is 5. The van der Waals surface area contributed by atoms with Gasteiger partial charge in [0.1, 0.15) is 19.0 Å². The molecule has 0 saturated heterocycles. The van der Waals surface area contributed by atoms with Gasteiger partial charge in [0.2, 0.25) is 0 Å². The summed E-state index contributed by atoms with van der Waals surface area (Å²) in [5.74, 6) is -3.62. The number of benzene rings is 2. The highest BCUT2D eigenvalue weighted by atomic mass is 17.1. The maximum atomic E-state index is 12.5. The van der Waals surface area contributed by atoms with Crippen LogP contribution in [0.5, 0.6) is 5.75 Å². The molecular weight excluding hydrogens is 558 g/mol. The van der Waals surface area contributed by atoms with Crippen LogP contribution in [0.3, 0.4) is 0 Å². The zero-order valence-electron chi connectivity index (χ0n) is 23.4. The predicted molar refractivity (Wildman–Crippen MR) is 142 cm³/mol. The summed E-state index contributed by atoms with van der Waals surface area (Å²) in [5.41, 5.74) is 0.632.